The lowest BCUT2D eigenvalue weighted by Crippen LogP contribution is -1.98. The van der Waals surface area contributed by atoms with Crippen molar-refractivity contribution in [1.29, 1.82) is 0 Å². The molecule has 0 fully saturated rings. The molecule has 0 saturated carbocycles. The Hall–Kier alpha value is -4.00. The summed E-state index contributed by atoms with van der Waals surface area (Å²) < 4.78 is 0. The second-order valence-electron chi connectivity index (χ2n) is 7.27. The Balaban J connectivity index is 1.54. The van der Waals surface area contributed by atoms with Crippen LogP contribution in [0.1, 0.15) is 19.8 Å². The van der Waals surface area contributed by atoms with Crippen LogP contribution in [-0.4, -0.2) is 30.1 Å². The maximum Gasteiger partial charge on any atom is 0.116 e. The van der Waals surface area contributed by atoms with Crippen molar-refractivity contribution in [2.24, 2.45) is 0 Å². The first-order chi connectivity index (χ1) is 14.7. The van der Waals surface area contributed by atoms with Crippen molar-refractivity contribution in [1.82, 2.24) is 30.1 Å². The third-order valence-corrected chi connectivity index (χ3v) is 5.03. The molecule has 5 aromatic rings. The minimum absolute atomic E-state index is 0.834. The average Bonchev–Trinajstić information content (AvgIpc) is 3.37. The van der Waals surface area contributed by atoms with E-state index in [2.05, 4.69) is 55.0 Å². The highest BCUT2D eigenvalue weighted by atomic mass is 15.1. The molecule has 148 valence electrons. The maximum absolute atomic E-state index is 4.60. The van der Waals surface area contributed by atoms with Crippen LogP contribution in [0.5, 0.6) is 0 Å². The van der Waals surface area contributed by atoms with Gasteiger partial charge in [-0.1, -0.05) is 19.9 Å². The normalized spacial score (nSPS) is 11.2. The minimum atomic E-state index is 0.834. The number of aromatic amines is 2. The van der Waals surface area contributed by atoms with Crippen LogP contribution in [0, 0.1) is 0 Å². The van der Waals surface area contributed by atoms with Crippen LogP contribution in [0.4, 0.5) is 5.69 Å². The number of nitrogens with one attached hydrogen (secondary N) is 3. The number of aromatic nitrogens is 6. The van der Waals surface area contributed by atoms with Gasteiger partial charge in [0.2, 0.25) is 0 Å². The van der Waals surface area contributed by atoms with Gasteiger partial charge in [-0.05, 0) is 30.7 Å². The van der Waals surface area contributed by atoms with E-state index >= 15 is 0 Å². The summed E-state index contributed by atoms with van der Waals surface area (Å²) in [6.45, 7) is 6.20. The average molecular weight is 395 g/mol. The lowest BCUT2D eigenvalue weighted by atomic mass is 10.1. The number of anilines is 1. The van der Waals surface area contributed by atoms with Crippen molar-refractivity contribution in [3.05, 3.63) is 67.5 Å². The fourth-order valence-corrected chi connectivity index (χ4v) is 3.60. The zero-order valence-corrected chi connectivity index (χ0v) is 16.6. The largest absolute Gasteiger partial charge is 0.358 e. The minimum Gasteiger partial charge on any atom is -0.358 e. The van der Waals surface area contributed by atoms with Gasteiger partial charge in [0.15, 0.2) is 0 Å². The van der Waals surface area contributed by atoms with Gasteiger partial charge in [-0.2, -0.15) is 5.10 Å². The summed E-state index contributed by atoms with van der Waals surface area (Å²) in [7, 11) is 0. The Morgan fingerprint density at radius 3 is 2.87 bits per heavy atom. The summed E-state index contributed by atoms with van der Waals surface area (Å²) in [4.78, 5) is 16.5. The number of H-pyrrole nitrogens is 2. The second kappa shape index (κ2) is 7.44. The molecule has 5 rings (SSSR count). The van der Waals surface area contributed by atoms with Crippen LogP contribution in [0.2, 0.25) is 0 Å². The van der Waals surface area contributed by atoms with Gasteiger partial charge in [0.05, 0.1) is 46.7 Å². The smallest absolute Gasteiger partial charge is 0.116 e. The first-order valence-corrected chi connectivity index (χ1v) is 9.88. The Morgan fingerprint density at radius 1 is 1.07 bits per heavy atom. The number of nitrogens with zero attached hydrogens (tertiary/aromatic N) is 4. The van der Waals surface area contributed by atoms with Crippen molar-refractivity contribution in [2.45, 2.75) is 19.8 Å². The molecule has 0 unspecified atom stereocenters. The fraction of sp³-hybridized carbons (Fsp3) is 0.130. The van der Waals surface area contributed by atoms with Gasteiger partial charge in [0, 0.05) is 34.4 Å². The van der Waals surface area contributed by atoms with E-state index < -0.39 is 0 Å². The number of allylic oxidation sites excluding steroid dienone is 1. The Morgan fingerprint density at radius 2 is 2.00 bits per heavy atom. The summed E-state index contributed by atoms with van der Waals surface area (Å²) in [6.07, 6.45) is 11.0. The second-order valence-corrected chi connectivity index (χ2v) is 7.27. The molecule has 30 heavy (non-hydrogen) atoms. The third kappa shape index (κ3) is 3.30. The number of rotatable bonds is 6. The van der Waals surface area contributed by atoms with Crippen LogP contribution in [0.25, 0.3) is 44.5 Å². The maximum atomic E-state index is 4.60. The zero-order chi connectivity index (χ0) is 20.5. The van der Waals surface area contributed by atoms with Crippen molar-refractivity contribution in [2.75, 3.05) is 5.32 Å². The van der Waals surface area contributed by atoms with Crippen LogP contribution >= 0.6 is 0 Å². The van der Waals surface area contributed by atoms with E-state index in [0.29, 0.717) is 0 Å². The number of pyridine rings is 3. The predicted octanol–water partition coefficient (Wildman–Crippen LogP) is 5.29. The highest BCUT2D eigenvalue weighted by Gasteiger charge is 2.13. The van der Waals surface area contributed by atoms with E-state index in [-0.39, 0.29) is 0 Å². The van der Waals surface area contributed by atoms with Crippen molar-refractivity contribution in [3.63, 3.8) is 0 Å². The van der Waals surface area contributed by atoms with E-state index in [1.165, 1.54) is 0 Å². The summed E-state index contributed by atoms with van der Waals surface area (Å²) in [5, 5.41) is 13.0. The molecule has 7 heteroatoms. The Bertz CT molecular complexity index is 1330. The molecular formula is C23H21N7. The molecule has 0 aromatic carbocycles. The van der Waals surface area contributed by atoms with E-state index in [0.717, 1.165) is 68.7 Å². The summed E-state index contributed by atoms with van der Waals surface area (Å²) >= 11 is 0. The standard InChI is InChI=1S/C23H21N7/c1-3-4-14(2)27-17-7-16(10-25-11-17)19-9-18-22(13-26-19)29-30-23(18)20-8-15-5-6-24-12-21(15)28-20/h5-13,27-28H,2-4H2,1H3,(H,29,30). The first kappa shape index (κ1) is 18.1. The molecule has 0 spiro atoms. The highest BCUT2D eigenvalue weighted by molar-refractivity contribution is 5.96. The van der Waals surface area contributed by atoms with Crippen LogP contribution in [0.3, 0.4) is 0 Å². The van der Waals surface area contributed by atoms with Gasteiger partial charge in [-0.3, -0.25) is 20.1 Å². The predicted molar refractivity (Wildman–Crippen MR) is 120 cm³/mol. The molecule has 7 nitrogen and oxygen atoms in total. The molecular weight excluding hydrogens is 374 g/mol. The summed E-state index contributed by atoms with van der Waals surface area (Å²) in [6, 6.07) is 8.14. The fourth-order valence-electron chi connectivity index (χ4n) is 3.60. The van der Waals surface area contributed by atoms with Crippen molar-refractivity contribution < 1.29 is 0 Å². The number of hydrogen-bond acceptors (Lipinski definition) is 5. The van der Waals surface area contributed by atoms with Gasteiger partial charge in [0.1, 0.15) is 5.69 Å². The summed E-state index contributed by atoms with van der Waals surface area (Å²) in [5.41, 5.74) is 7.29. The first-order valence-electron chi connectivity index (χ1n) is 9.88. The molecule has 0 amide bonds. The van der Waals surface area contributed by atoms with E-state index in [1.54, 1.807) is 12.4 Å². The van der Waals surface area contributed by atoms with Gasteiger partial charge in [-0.15, -0.1) is 0 Å². The molecule has 0 bridgehead atoms. The van der Waals surface area contributed by atoms with E-state index in [4.69, 9.17) is 0 Å². The molecule has 0 aliphatic heterocycles. The topological polar surface area (TPSA) is 95.2 Å². The quantitative estimate of drug-likeness (QED) is 0.363. The zero-order valence-electron chi connectivity index (χ0n) is 16.6. The molecule has 0 radical (unpaired) electrons. The van der Waals surface area contributed by atoms with E-state index in [9.17, 15) is 0 Å². The molecule has 0 aliphatic rings. The lowest BCUT2D eigenvalue weighted by Gasteiger charge is -2.09. The highest BCUT2D eigenvalue weighted by Crippen LogP contribution is 2.31. The van der Waals surface area contributed by atoms with Crippen molar-refractivity contribution >= 4 is 27.5 Å². The molecule has 5 aromatic heterocycles. The van der Waals surface area contributed by atoms with Gasteiger partial charge >= 0.3 is 0 Å². The van der Waals surface area contributed by atoms with Crippen LogP contribution < -0.4 is 5.32 Å². The van der Waals surface area contributed by atoms with Crippen LogP contribution in [0.15, 0.2) is 67.5 Å². The molecule has 0 atom stereocenters. The third-order valence-electron chi connectivity index (χ3n) is 5.03. The lowest BCUT2D eigenvalue weighted by molar-refractivity contribution is 0.913. The van der Waals surface area contributed by atoms with Gasteiger partial charge in [0.25, 0.3) is 0 Å². The molecule has 0 aliphatic carbocycles. The molecule has 5 heterocycles. The number of fused-ring (bicyclic) bond motifs is 2. The summed E-state index contributed by atoms with van der Waals surface area (Å²) in [5.74, 6) is 0. The van der Waals surface area contributed by atoms with Gasteiger partial charge < -0.3 is 10.3 Å². The Labute approximate surface area is 173 Å². The molecule has 3 N–H and O–H groups in total. The van der Waals surface area contributed by atoms with Gasteiger partial charge in [-0.25, -0.2) is 0 Å². The Kier molecular flexibility index (Phi) is 4.48. The number of hydrogen-bond donors (Lipinski definition) is 3. The SMILES string of the molecule is C=C(CCC)Nc1cncc(-c2cc3c(-c4cc5ccncc5[nH]4)n[nH]c3cn2)c1. The van der Waals surface area contributed by atoms with E-state index in [1.807, 2.05) is 36.8 Å². The monoisotopic (exact) mass is 395 g/mol. The molecule has 0 saturated heterocycles. The van der Waals surface area contributed by atoms with Crippen molar-refractivity contribution in [3.8, 4) is 22.6 Å². The van der Waals surface area contributed by atoms with Crippen LogP contribution in [-0.2, 0) is 0 Å².